The van der Waals surface area contributed by atoms with Gasteiger partial charge < -0.3 is 10.4 Å². The third-order valence-corrected chi connectivity index (χ3v) is 4.81. The molecule has 8 heteroatoms. The third-order valence-electron chi connectivity index (χ3n) is 2.21. The maximum absolute atomic E-state index is 12.0. The second-order valence-corrected chi connectivity index (χ2v) is 6.48. The van der Waals surface area contributed by atoms with Gasteiger partial charge in [-0.1, -0.05) is 0 Å². The molecule has 0 atom stereocenters. The number of carbonyl (C=O) groups is 2. The van der Waals surface area contributed by atoms with Gasteiger partial charge in [-0.3, -0.25) is 4.79 Å². The Hall–Kier alpha value is -1.41. The topological polar surface area (TPSA) is 101 Å². The van der Waals surface area contributed by atoms with Crippen LogP contribution in [0.2, 0.25) is 0 Å². The van der Waals surface area contributed by atoms with Crippen LogP contribution in [0.15, 0.2) is 27.6 Å². The number of halogens is 1. The van der Waals surface area contributed by atoms with Gasteiger partial charge in [0, 0.05) is 11.0 Å². The van der Waals surface area contributed by atoms with E-state index in [9.17, 15) is 18.0 Å². The van der Waals surface area contributed by atoms with Crippen LogP contribution in [0.4, 0.5) is 0 Å². The number of carboxylic acid groups (broad SMARTS) is 1. The van der Waals surface area contributed by atoms with Crippen molar-refractivity contribution in [1.82, 2.24) is 5.32 Å². The molecule has 0 spiro atoms. The van der Waals surface area contributed by atoms with E-state index in [2.05, 4.69) is 21.2 Å². The first-order valence-corrected chi connectivity index (χ1v) is 7.74. The van der Waals surface area contributed by atoms with Crippen LogP contribution in [0.1, 0.15) is 17.3 Å². The number of rotatable bonds is 5. The summed E-state index contributed by atoms with van der Waals surface area (Å²) >= 11 is 3.04. The van der Waals surface area contributed by atoms with E-state index >= 15 is 0 Å². The first-order chi connectivity index (χ1) is 8.77. The second-order valence-electron chi connectivity index (χ2n) is 3.66. The molecule has 0 aliphatic rings. The zero-order chi connectivity index (χ0) is 14.6. The molecule has 1 aromatic rings. The lowest BCUT2D eigenvalue weighted by molar-refractivity contribution is -0.118. The van der Waals surface area contributed by atoms with Crippen molar-refractivity contribution in [2.45, 2.75) is 11.8 Å². The average Bonchev–Trinajstić information content (AvgIpc) is 2.28. The van der Waals surface area contributed by atoms with E-state index < -0.39 is 27.5 Å². The molecule has 0 aromatic heterocycles. The number of hydrogen-bond acceptors (Lipinski definition) is 4. The fraction of sp³-hybridized carbons (Fsp3) is 0.273. The summed E-state index contributed by atoms with van der Waals surface area (Å²) in [7, 11) is -3.89. The van der Waals surface area contributed by atoms with Gasteiger partial charge in [0.1, 0.15) is 5.75 Å². The smallest absolute Gasteiger partial charge is 0.335 e. The number of nitrogens with one attached hydrogen (secondary N) is 1. The minimum Gasteiger partial charge on any atom is -0.478 e. The van der Waals surface area contributed by atoms with Crippen LogP contribution in [0, 0.1) is 0 Å². The second kappa shape index (κ2) is 6.16. The highest BCUT2D eigenvalue weighted by atomic mass is 79.9. The van der Waals surface area contributed by atoms with Crippen molar-refractivity contribution in [3.05, 3.63) is 28.2 Å². The molecule has 1 aromatic carbocycles. The van der Waals surface area contributed by atoms with Crippen LogP contribution in [0.3, 0.4) is 0 Å². The van der Waals surface area contributed by atoms with Gasteiger partial charge in [0.05, 0.1) is 10.5 Å². The molecule has 0 heterocycles. The van der Waals surface area contributed by atoms with Gasteiger partial charge in [0.15, 0.2) is 9.84 Å². The van der Waals surface area contributed by atoms with Gasteiger partial charge in [-0.2, -0.15) is 0 Å². The lowest BCUT2D eigenvalue weighted by atomic mass is 10.2. The molecule has 1 rings (SSSR count). The number of hydrogen-bond donors (Lipinski definition) is 2. The van der Waals surface area contributed by atoms with Gasteiger partial charge in [-0.05, 0) is 41.1 Å². The Morgan fingerprint density at radius 2 is 2.00 bits per heavy atom. The summed E-state index contributed by atoms with van der Waals surface area (Å²) in [5, 5.41) is 11.2. The van der Waals surface area contributed by atoms with Crippen molar-refractivity contribution < 1.29 is 23.1 Å². The molecular formula is C11H12BrNO5S. The largest absolute Gasteiger partial charge is 0.478 e. The molecule has 0 fully saturated rings. The normalized spacial score (nSPS) is 11.1. The highest BCUT2D eigenvalue weighted by Crippen LogP contribution is 2.24. The first-order valence-electron chi connectivity index (χ1n) is 5.30. The Kier molecular flexibility index (Phi) is 5.07. The number of benzene rings is 1. The predicted octanol–water partition coefficient (Wildman–Crippen LogP) is 1.06. The zero-order valence-electron chi connectivity index (χ0n) is 10.0. The molecule has 104 valence electrons. The number of carboxylic acids is 1. The first kappa shape index (κ1) is 15.6. The summed E-state index contributed by atoms with van der Waals surface area (Å²) in [6, 6.07) is 3.63. The van der Waals surface area contributed by atoms with Crippen LogP contribution in [0.25, 0.3) is 0 Å². The maximum atomic E-state index is 12.0. The molecular weight excluding hydrogens is 338 g/mol. The Morgan fingerprint density at radius 1 is 1.37 bits per heavy atom. The average molecular weight is 350 g/mol. The van der Waals surface area contributed by atoms with E-state index in [0.29, 0.717) is 6.54 Å². The minimum atomic E-state index is -3.89. The molecule has 0 bridgehead atoms. The van der Waals surface area contributed by atoms with Gasteiger partial charge in [0.25, 0.3) is 0 Å². The highest BCUT2D eigenvalue weighted by Gasteiger charge is 2.23. The van der Waals surface area contributed by atoms with Crippen molar-refractivity contribution in [2.75, 3.05) is 12.3 Å². The van der Waals surface area contributed by atoms with Crippen molar-refractivity contribution in [1.29, 1.82) is 0 Å². The molecule has 0 aliphatic carbocycles. The lowest BCUT2D eigenvalue weighted by Crippen LogP contribution is -2.30. The molecule has 1 amide bonds. The molecule has 0 aliphatic heterocycles. The van der Waals surface area contributed by atoms with E-state index in [4.69, 9.17) is 5.11 Å². The fourth-order valence-corrected chi connectivity index (χ4v) is 3.63. The fourth-order valence-electron chi connectivity index (χ4n) is 1.37. The van der Waals surface area contributed by atoms with E-state index in [1.165, 1.54) is 12.1 Å². The summed E-state index contributed by atoms with van der Waals surface area (Å²) in [6.45, 7) is 2.00. The van der Waals surface area contributed by atoms with Gasteiger partial charge in [-0.15, -0.1) is 0 Å². The maximum Gasteiger partial charge on any atom is 0.335 e. The standard InChI is InChI=1S/C11H12BrNO5S/c1-2-13-10(14)6-19(17,18)9-5-7(11(15)16)3-4-8(9)12/h3-5H,2,6H2,1H3,(H,13,14)(H,15,16). The van der Waals surface area contributed by atoms with Crippen LogP contribution in [-0.2, 0) is 14.6 Å². The molecule has 6 nitrogen and oxygen atoms in total. The van der Waals surface area contributed by atoms with Gasteiger partial charge in [-0.25, -0.2) is 13.2 Å². The summed E-state index contributed by atoms with van der Waals surface area (Å²) in [6.07, 6.45) is 0. The van der Waals surface area contributed by atoms with E-state index in [-0.39, 0.29) is 14.9 Å². The van der Waals surface area contributed by atoms with Crippen LogP contribution < -0.4 is 5.32 Å². The summed E-state index contributed by atoms with van der Waals surface area (Å²) in [4.78, 5) is 22.0. The predicted molar refractivity (Wildman–Crippen MR) is 71.8 cm³/mol. The van der Waals surface area contributed by atoms with Crippen LogP contribution in [0.5, 0.6) is 0 Å². The minimum absolute atomic E-state index is 0.155. The lowest BCUT2D eigenvalue weighted by Gasteiger charge is -2.07. The van der Waals surface area contributed by atoms with Crippen LogP contribution >= 0.6 is 15.9 Å². The molecule has 0 saturated carbocycles. The monoisotopic (exact) mass is 349 g/mol. The van der Waals surface area contributed by atoms with E-state index in [0.717, 1.165) is 6.07 Å². The van der Waals surface area contributed by atoms with Crippen LogP contribution in [-0.4, -0.2) is 37.7 Å². The van der Waals surface area contributed by atoms with Gasteiger partial charge >= 0.3 is 5.97 Å². The Morgan fingerprint density at radius 3 is 2.53 bits per heavy atom. The Balaban J connectivity index is 3.17. The summed E-state index contributed by atoms with van der Waals surface area (Å²) in [5.41, 5.74) is -0.155. The summed E-state index contributed by atoms with van der Waals surface area (Å²) in [5.74, 6) is -2.58. The Bertz CT molecular complexity index is 612. The molecule has 0 saturated heterocycles. The molecule has 2 N–H and O–H groups in total. The van der Waals surface area contributed by atoms with Crippen molar-refractivity contribution in [3.63, 3.8) is 0 Å². The Labute approximate surface area is 118 Å². The number of carbonyl (C=O) groups excluding carboxylic acids is 1. The quantitative estimate of drug-likeness (QED) is 0.827. The number of sulfone groups is 1. The summed E-state index contributed by atoms with van der Waals surface area (Å²) < 4.78 is 24.3. The van der Waals surface area contributed by atoms with Crippen molar-refractivity contribution in [3.8, 4) is 0 Å². The number of aromatic carboxylic acids is 1. The van der Waals surface area contributed by atoms with E-state index in [1.807, 2.05) is 0 Å². The number of amides is 1. The molecule has 0 unspecified atom stereocenters. The van der Waals surface area contributed by atoms with Crippen molar-refractivity contribution >= 4 is 37.6 Å². The van der Waals surface area contributed by atoms with E-state index in [1.54, 1.807) is 6.92 Å². The third kappa shape index (κ3) is 4.03. The zero-order valence-corrected chi connectivity index (χ0v) is 12.4. The highest BCUT2D eigenvalue weighted by molar-refractivity contribution is 9.10. The molecule has 19 heavy (non-hydrogen) atoms. The van der Waals surface area contributed by atoms with Crippen molar-refractivity contribution in [2.24, 2.45) is 0 Å². The molecule has 0 radical (unpaired) electrons. The van der Waals surface area contributed by atoms with Gasteiger partial charge in [0.2, 0.25) is 5.91 Å². The SMILES string of the molecule is CCNC(=O)CS(=O)(=O)c1cc(C(=O)O)ccc1Br.